The summed E-state index contributed by atoms with van der Waals surface area (Å²) < 4.78 is 5.97. The lowest BCUT2D eigenvalue weighted by Gasteiger charge is -2.26. The molecule has 0 amide bonds. The molecule has 0 heterocycles. The van der Waals surface area contributed by atoms with Crippen molar-refractivity contribution in [1.82, 2.24) is 0 Å². The molecule has 3 rings (SSSR count). The fourth-order valence-electron chi connectivity index (χ4n) is 3.11. The maximum Gasteiger partial charge on any atom is 0.124 e. The first-order valence-electron chi connectivity index (χ1n) is 6.90. The van der Waals surface area contributed by atoms with Crippen molar-refractivity contribution in [3.8, 4) is 5.75 Å². The van der Waals surface area contributed by atoms with Crippen molar-refractivity contribution in [3.63, 3.8) is 0 Å². The number of aliphatic hydroxyl groups is 2. The number of hydrogen-bond acceptors (Lipinski definition) is 3. The minimum atomic E-state index is -0.356. The van der Waals surface area contributed by atoms with Gasteiger partial charge in [0.15, 0.2) is 0 Å². The third-order valence-corrected chi connectivity index (χ3v) is 4.13. The van der Waals surface area contributed by atoms with E-state index in [0.29, 0.717) is 0 Å². The monoisotopic (exact) mass is 248 g/mol. The zero-order valence-corrected chi connectivity index (χ0v) is 10.5. The second-order valence-corrected chi connectivity index (χ2v) is 5.39. The molecule has 3 heteroatoms. The lowest BCUT2D eigenvalue weighted by atomic mass is 9.89. The van der Waals surface area contributed by atoms with Gasteiger partial charge in [0.2, 0.25) is 0 Å². The maximum atomic E-state index is 9.99. The molecular formula is C15H20O3. The Labute approximate surface area is 107 Å². The molecular weight excluding hydrogens is 228 g/mol. The van der Waals surface area contributed by atoms with E-state index in [0.717, 1.165) is 55.4 Å². The van der Waals surface area contributed by atoms with Crippen molar-refractivity contribution in [2.24, 2.45) is 0 Å². The SMILES string of the molecule is OC1CCCc2c(OC3CCCC3O)cccc21. The summed E-state index contributed by atoms with van der Waals surface area (Å²) in [6.45, 7) is 0. The molecule has 3 nitrogen and oxygen atoms in total. The molecule has 0 aliphatic heterocycles. The van der Waals surface area contributed by atoms with E-state index in [1.165, 1.54) is 0 Å². The lowest BCUT2D eigenvalue weighted by Crippen LogP contribution is -2.26. The van der Waals surface area contributed by atoms with E-state index >= 15 is 0 Å². The molecule has 1 aromatic rings. The molecule has 0 spiro atoms. The zero-order chi connectivity index (χ0) is 12.5. The lowest BCUT2D eigenvalue weighted by molar-refractivity contribution is 0.0590. The smallest absolute Gasteiger partial charge is 0.124 e. The van der Waals surface area contributed by atoms with Crippen LogP contribution in [0.25, 0.3) is 0 Å². The largest absolute Gasteiger partial charge is 0.487 e. The summed E-state index contributed by atoms with van der Waals surface area (Å²) in [5.41, 5.74) is 2.14. The zero-order valence-electron chi connectivity index (χ0n) is 10.5. The third kappa shape index (κ3) is 2.13. The highest BCUT2D eigenvalue weighted by molar-refractivity contribution is 5.43. The Hall–Kier alpha value is -1.06. The van der Waals surface area contributed by atoms with Crippen LogP contribution in [0.4, 0.5) is 0 Å². The quantitative estimate of drug-likeness (QED) is 0.844. The fourth-order valence-corrected chi connectivity index (χ4v) is 3.11. The number of aliphatic hydroxyl groups excluding tert-OH is 2. The van der Waals surface area contributed by atoms with Gasteiger partial charge in [0, 0.05) is 0 Å². The van der Waals surface area contributed by atoms with Crippen LogP contribution in [0, 0.1) is 0 Å². The van der Waals surface area contributed by atoms with Gasteiger partial charge in [-0.15, -0.1) is 0 Å². The van der Waals surface area contributed by atoms with Crippen molar-refractivity contribution in [1.29, 1.82) is 0 Å². The van der Waals surface area contributed by atoms with Gasteiger partial charge in [-0.25, -0.2) is 0 Å². The maximum absolute atomic E-state index is 9.99. The predicted octanol–water partition coefficient (Wildman–Crippen LogP) is 2.35. The molecule has 3 atom stereocenters. The highest BCUT2D eigenvalue weighted by Crippen LogP contribution is 2.36. The van der Waals surface area contributed by atoms with Crippen molar-refractivity contribution in [2.45, 2.75) is 56.8 Å². The summed E-state index contributed by atoms with van der Waals surface area (Å²) in [7, 11) is 0. The minimum absolute atomic E-state index is 0.0735. The van der Waals surface area contributed by atoms with Gasteiger partial charge in [-0.3, -0.25) is 0 Å². The molecule has 2 aliphatic carbocycles. The second-order valence-electron chi connectivity index (χ2n) is 5.39. The Balaban J connectivity index is 1.86. The van der Waals surface area contributed by atoms with Crippen LogP contribution in [0.5, 0.6) is 5.75 Å². The first-order chi connectivity index (χ1) is 8.75. The van der Waals surface area contributed by atoms with Crippen LogP contribution in [-0.2, 0) is 6.42 Å². The molecule has 1 fully saturated rings. The molecule has 0 radical (unpaired) electrons. The number of ether oxygens (including phenoxy) is 1. The van der Waals surface area contributed by atoms with Crippen LogP contribution in [-0.4, -0.2) is 22.4 Å². The van der Waals surface area contributed by atoms with E-state index in [1.807, 2.05) is 18.2 Å². The van der Waals surface area contributed by atoms with Crippen LogP contribution in [0.2, 0.25) is 0 Å². The van der Waals surface area contributed by atoms with E-state index in [4.69, 9.17) is 4.74 Å². The standard InChI is InChI=1S/C15H20O3/c16-12-6-1-5-11-10(12)4-2-8-14(11)18-15-9-3-7-13(15)17/h2,4,8,12-13,15-17H,1,3,5-7,9H2. The van der Waals surface area contributed by atoms with Gasteiger partial charge in [-0.05, 0) is 55.7 Å². The summed E-state index contributed by atoms with van der Waals surface area (Å²) in [6, 6.07) is 5.88. The number of benzene rings is 1. The van der Waals surface area contributed by atoms with E-state index in [9.17, 15) is 10.2 Å². The highest BCUT2D eigenvalue weighted by atomic mass is 16.5. The Morgan fingerprint density at radius 1 is 1.06 bits per heavy atom. The van der Waals surface area contributed by atoms with Gasteiger partial charge in [-0.2, -0.15) is 0 Å². The molecule has 98 valence electrons. The van der Waals surface area contributed by atoms with Crippen molar-refractivity contribution < 1.29 is 14.9 Å². The van der Waals surface area contributed by atoms with E-state index in [2.05, 4.69) is 0 Å². The van der Waals surface area contributed by atoms with Crippen LogP contribution in [0.1, 0.15) is 49.3 Å². The average molecular weight is 248 g/mol. The molecule has 1 saturated carbocycles. The molecule has 18 heavy (non-hydrogen) atoms. The van der Waals surface area contributed by atoms with E-state index in [-0.39, 0.29) is 18.3 Å². The second kappa shape index (κ2) is 4.90. The van der Waals surface area contributed by atoms with Crippen LogP contribution in [0.15, 0.2) is 18.2 Å². The summed E-state index contributed by atoms with van der Waals surface area (Å²) in [4.78, 5) is 0. The average Bonchev–Trinajstić information content (AvgIpc) is 2.77. The first-order valence-corrected chi connectivity index (χ1v) is 6.90. The van der Waals surface area contributed by atoms with Crippen molar-refractivity contribution in [3.05, 3.63) is 29.3 Å². The van der Waals surface area contributed by atoms with Crippen LogP contribution in [0.3, 0.4) is 0 Å². The Kier molecular flexibility index (Phi) is 3.27. The van der Waals surface area contributed by atoms with Gasteiger partial charge < -0.3 is 14.9 Å². The van der Waals surface area contributed by atoms with Gasteiger partial charge >= 0.3 is 0 Å². The summed E-state index contributed by atoms with van der Waals surface area (Å²) in [6.07, 6.45) is 4.82. The van der Waals surface area contributed by atoms with Gasteiger partial charge in [-0.1, -0.05) is 12.1 Å². The minimum Gasteiger partial charge on any atom is -0.487 e. The molecule has 0 bridgehead atoms. The van der Waals surface area contributed by atoms with Gasteiger partial charge in [0.25, 0.3) is 0 Å². The number of rotatable bonds is 2. The van der Waals surface area contributed by atoms with Crippen molar-refractivity contribution in [2.75, 3.05) is 0 Å². The Morgan fingerprint density at radius 2 is 1.94 bits per heavy atom. The van der Waals surface area contributed by atoms with Crippen molar-refractivity contribution >= 4 is 0 Å². The van der Waals surface area contributed by atoms with Crippen LogP contribution < -0.4 is 4.74 Å². The molecule has 2 N–H and O–H groups in total. The molecule has 3 unspecified atom stereocenters. The Morgan fingerprint density at radius 3 is 2.72 bits per heavy atom. The van der Waals surface area contributed by atoms with Crippen LogP contribution >= 0.6 is 0 Å². The topological polar surface area (TPSA) is 49.7 Å². The third-order valence-electron chi connectivity index (χ3n) is 4.13. The highest BCUT2D eigenvalue weighted by Gasteiger charge is 2.29. The van der Waals surface area contributed by atoms with Gasteiger partial charge in [0.1, 0.15) is 11.9 Å². The van der Waals surface area contributed by atoms with Gasteiger partial charge in [0.05, 0.1) is 12.2 Å². The normalized spacial score (nSPS) is 31.1. The first kappa shape index (κ1) is 12.0. The summed E-state index contributed by atoms with van der Waals surface area (Å²) in [5, 5.41) is 19.8. The molecule has 1 aromatic carbocycles. The molecule has 0 saturated heterocycles. The predicted molar refractivity (Wildman–Crippen MR) is 68.6 cm³/mol. The fraction of sp³-hybridized carbons (Fsp3) is 0.600. The summed E-state index contributed by atoms with van der Waals surface area (Å²) >= 11 is 0. The Bertz CT molecular complexity index is 430. The molecule has 2 aliphatic rings. The molecule has 0 aromatic heterocycles. The summed E-state index contributed by atoms with van der Waals surface area (Å²) in [5.74, 6) is 0.859. The number of fused-ring (bicyclic) bond motifs is 1. The van der Waals surface area contributed by atoms with E-state index < -0.39 is 0 Å². The number of hydrogen-bond donors (Lipinski definition) is 2. The van der Waals surface area contributed by atoms with E-state index in [1.54, 1.807) is 0 Å².